The van der Waals surface area contributed by atoms with Gasteiger partial charge in [-0.1, -0.05) is 43.0 Å². The number of likely N-dealkylation sites (tertiary alicyclic amines) is 1. The maximum absolute atomic E-state index is 15.1. The van der Waals surface area contributed by atoms with E-state index >= 15 is 4.79 Å². The molecule has 2 aliphatic heterocycles. The second kappa shape index (κ2) is 15.8. The van der Waals surface area contributed by atoms with E-state index in [0.29, 0.717) is 17.4 Å². The van der Waals surface area contributed by atoms with Crippen LogP contribution >= 0.6 is 11.6 Å². The number of ether oxygens (including phenoxy) is 1. The minimum absolute atomic E-state index is 0.144. The van der Waals surface area contributed by atoms with Crippen molar-refractivity contribution in [2.75, 3.05) is 49.2 Å². The predicted octanol–water partition coefficient (Wildman–Crippen LogP) is 6.35. The molecule has 49 heavy (non-hydrogen) atoms. The van der Waals surface area contributed by atoms with Crippen LogP contribution in [0.5, 0.6) is 0 Å². The third-order valence-electron chi connectivity index (χ3n) is 12.1. The van der Waals surface area contributed by atoms with Gasteiger partial charge in [-0.15, -0.1) is 0 Å². The Morgan fingerprint density at radius 2 is 1.61 bits per heavy atom. The minimum atomic E-state index is -0.327. The highest BCUT2D eigenvalue weighted by Gasteiger charge is 2.45. The van der Waals surface area contributed by atoms with Gasteiger partial charge in [0.15, 0.2) is 0 Å². The van der Waals surface area contributed by atoms with E-state index in [2.05, 4.69) is 61.2 Å². The Kier molecular flexibility index (Phi) is 11.1. The highest BCUT2D eigenvalue weighted by molar-refractivity contribution is 6.30. The van der Waals surface area contributed by atoms with E-state index in [9.17, 15) is 0 Å². The minimum Gasteiger partial charge on any atom is -0.378 e. The largest absolute Gasteiger partial charge is 0.378 e. The second-order valence-electron chi connectivity index (χ2n) is 15.1. The quantitative estimate of drug-likeness (QED) is 0.266. The molecule has 2 aliphatic carbocycles. The molecule has 2 saturated heterocycles. The lowest BCUT2D eigenvalue weighted by atomic mass is 9.63. The molecule has 9 nitrogen and oxygen atoms in total. The van der Waals surface area contributed by atoms with Crippen LogP contribution in [0.25, 0.3) is 0 Å². The average molecular weight is 688 g/mol. The van der Waals surface area contributed by atoms with Gasteiger partial charge in [0, 0.05) is 67.6 Å². The molecule has 3 aromatic rings. The molecule has 10 heteroatoms. The van der Waals surface area contributed by atoms with E-state index in [0.717, 1.165) is 95.7 Å². The van der Waals surface area contributed by atoms with Crippen LogP contribution in [-0.4, -0.2) is 83.1 Å². The SMILES string of the molecule is N[C@H]1CC[C@H](N(c2ccc(N3CCOCC3)cc2)[C@H](Cc2ccc(Cl)cc2)C(=O)N2CCC(Cn3cncn3)(C3CCCCC3)CC2)CC1. The van der Waals surface area contributed by atoms with E-state index in [4.69, 9.17) is 22.1 Å². The Balaban J connectivity index is 1.18. The molecule has 0 spiro atoms. The molecule has 4 fully saturated rings. The van der Waals surface area contributed by atoms with Gasteiger partial charge in [0.1, 0.15) is 18.7 Å². The Bertz CT molecular complexity index is 1460. The van der Waals surface area contributed by atoms with Crippen LogP contribution in [0.15, 0.2) is 61.2 Å². The topological polar surface area (TPSA) is 92.8 Å². The fourth-order valence-electron chi connectivity index (χ4n) is 9.26. The summed E-state index contributed by atoms with van der Waals surface area (Å²) in [6.45, 7) is 5.75. The van der Waals surface area contributed by atoms with Crippen LogP contribution in [0.4, 0.5) is 11.4 Å². The lowest BCUT2D eigenvalue weighted by Gasteiger charge is -2.49. The van der Waals surface area contributed by atoms with E-state index in [-0.39, 0.29) is 29.4 Å². The number of rotatable bonds is 10. The van der Waals surface area contributed by atoms with Gasteiger partial charge in [-0.2, -0.15) is 5.10 Å². The molecule has 3 heterocycles. The van der Waals surface area contributed by atoms with E-state index in [1.54, 1.807) is 6.33 Å². The first-order valence-electron chi connectivity index (χ1n) is 18.8. The number of nitrogens with zero attached hydrogens (tertiary/aromatic N) is 6. The maximum Gasteiger partial charge on any atom is 0.245 e. The zero-order chi connectivity index (χ0) is 33.6. The number of nitrogens with two attached hydrogens (primary N) is 1. The van der Waals surface area contributed by atoms with Gasteiger partial charge in [0.25, 0.3) is 0 Å². The van der Waals surface area contributed by atoms with Crippen LogP contribution in [0.1, 0.15) is 76.2 Å². The first kappa shape index (κ1) is 34.3. The van der Waals surface area contributed by atoms with Gasteiger partial charge >= 0.3 is 0 Å². The molecule has 0 radical (unpaired) electrons. The number of aromatic nitrogens is 3. The predicted molar refractivity (Wildman–Crippen MR) is 196 cm³/mol. The molecular formula is C39H54ClN7O2. The van der Waals surface area contributed by atoms with Crippen molar-refractivity contribution in [2.24, 2.45) is 17.1 Å². The molecule has 4 aliphatic rings. The van der Waals surface area contributed by atoms with Gasteiger partial charge in [-0.25, -0.2) is 4.98 Å². The number of amides is 1. The van der Waals surface area contributed by atoms with Crippen molar-refractivity contribution in [3.63, 3.8) is 0 Å². The summed E-state index contributed by atoms with van der Waals surface area (Å²) in [5.74, 6) is 0.903. The zero-order valence-corrected chi connectivity index (χ0v) is 29.7. The zero-order valence-electron chi connectivity index (χ0n) is 29.0. The first-order chi connectivity index (χ1) is 24.0. The van der Waals surface area contributed by atoms with Crippen LogP contribution in [0.3, 0.4) is 0 Å². The maximum atomic E-state index is 15.1. The van der Waals surface area contributed by atoms with Gasteiger partial charge < -0.3 is 25.2 Å². The Hall–Kier alpha value is -3.14. The standard InChI is InChI=1S/C39H54ClN7O2/c40-32-8-6-30(7-9-32)26-37(38(48)45-20-18-39(19-21-45,27-46-29-42-28-43-46)31-4-2-1-3-5-31)47(35-12-10-33(41)11-13-35)36-16-14-34(15-17-36)44-22-24-49-25-23-44/h6-9,14-17,28-29,31,33,35,37H,1-5,10-13,18-27,41H2/t33-,35-,37-/m1/s1. The number of hydrogen-bond donors (Lipinski definition) is 1. The van der Waals surface area contributed by atoms with Crippen molar-refractivity contribution in [1.29, 1.82) is 0 Å². The van der Waals surface area contributed by atoms with E-state index in [1.807, 2.05) is 23.1 Å². The number of piperidine rings is 1. The molecule has 1 amide bonds. The molecule has 1 atom stereocenters. The average Bonchev–Trinajstić information content (AvgIpc) is 3.67. The summed E-state index contributed by atoms with van der Waals surface area (Å²) in [6.07, 6.45) is 16.6. The lowest BCUT2D eigenvalue weighted by Crippen LogP contribution is -2.57. The molecule has 2 saturated carbocycles. The molecule has 264 valence electrons. The number of anilines is 2. The highest BCUT2D eigenvalue weighted by Crippen LogP contribution is 2.47. The molecule has 2 N–H and O–H groups in total. The van der Waals surface area contributed by atoms with Crippen LogP contribution < -0.4 is 15.5 Å². The van der Waals surface area contributed by atoms with Gasteiger partial charge in [-0.05, 0) is 105 Å². The van der Waals surface area contributed by atoms with Crippen molar-refractivity contribution < 1.29 is 9.53 Å². The van der Waals surface area contributed by atoms with Crippen LogP contribution in [0.2, 0.25) is 5.02 Å². The van der Waals surface area contributed by atoms with Gasteiger partial charge in [0.05, 0.1) is 13.2 Å². The summed E-state index contributed by atoms with van der Waals surface area (Å²) in [6, 6.07) is 17.2. The summed E-state index contributed by atoms with van der Waals surface area (Å²) in [5.41, 5.74) is 10.0. The summed E-state index contributed by atoms with van der Waals surface area (Å²) in [7, 11) is 0. The molecular weight excluding hydrogens is 634 g/mol. The van der Waals surface area contributed by atoms with Crippen molar-refractivity contribution >= 4 is 28.9 Å². The number of carbonyl (C=O) groups is 1. The Morgan fingerprint density at radius 3 is 2.27 bits per heavy atom. The fourth-order valence-corrected chi connectivity index (χ4v) is 9.39. The Labute approximate surface area is 297 Å². The number of halogens is 1. The second-order valence-corrected chi connectivity index (χ2v) is 15.5. The monoisotopic (exact) mass is 687 g/mol. The van der Waals surface area contributed by atoms with Gasteiger partial charge in [-0.3, -0.25) is 9.48 Å². The van der Waals surface area contributed by atoms with Gasteiger partial charge in [0.2, 0.25) is 5.91 Å². The lowest BCUT2D eigenvalue weighted by molar-refractivity contribution is -0.136. The summed E-state index contributed by atoms with van der Waals surface area (Å²) < 4.78 is 7.64. The molecule has 7 rings (SSSR count). The summed E-state index contributed by atoms with van der Waals surface area (Å²) >= 11 is 6.33. The molecule has 0 bridgehead atoms. The highest BCUT2D eigenvalue weighted by atomic mass is 35.5. The van der Waals surface area contributed by atoms with Crippen molar-refractivity contribution in [3.8, 4) is 0 Å². The van der Waals surface area contributed by atoms with Crippen LogP contribution in [-0.2, 0) is 22.5 Å². The Morgan fingerprint density at radius 1 is 0.918 bits per heavy atom. The number of benzene rings is 2. The third kappa shape index (κ3) is 8.10. The van der Waals surface area contributed by atoms with Crippen molar-refractivity contribution in [3.05, 3.63) is 71.8 Å². The fraction of sp³-hybridized carbons (Fsp3) is 0.615. The third-order valence-corrected chi connectivity index (χ3v) is 12.4. The summed E-state index contributed by atoms with van der Waals surface area (Å²) in [5, 5.41) is 5.24. The molecule has 2 aromatic carbocycles. The normalized spacial score (nSPS) is 24.0. The summed E-state index contributed by atoms with van der Waals surface area (Å²) in [4.78, 5) is 26.4. The molecule has 0 unspecified atom stereocenters. The number of hydrogen-bond acceptors (Lipinski definition) is 7. The van der Waals surface area contributed by atoms with Crippen molar-refractivity contribution in [1.82, 2.24) is 19.7 Å². The first-order valence-corrected chi connectivity index (χ1v) is 19.2. The van der Waals surface area contributed by atoms with Crippen LogP contribution in [0, 0.1) is 11.3 Å². The smallest absolute Gasteiger partial charge is 0.245 e. The van der Waals surface area contributed by atoms with Crippen molar-refractivity contribution in [2.45, 2.75) is 102 Å². The number of morpholine rings is 1. The van der Waals surface area contributed by atoms with E-state index < -0.39 is 0 Å². The van der Waals surface area contributed by atoms with E-state index in [1.165, 1.54) is 37.8 Å². The molecule has 1 aromatic heterocycles. The number of carbonyl (C=O) groups excluding carboxylic acids is 1.